The topological polar surface area (TPSA) is 35.2 Å². The lowest BCUT2D eigenvalue weighted by Crippen LogP contribution is -2.53. The van der Waals surface area contributed by atoms with Crippen molar-refractivity contribution in [3.63, 3.8) is 0 Å². The van der Waals surface area contributed by atoms with Gasteiger partial charge in [-0.2, -0.15) is 0 Å². The summed E-state index contributed by atoms with van der Waals surface area (Å²) in [4.78, 5) is 0. The van der Waals surface area contributed by atoms with E-state index in [4.69, 9.17) is 10.5 Å². The molecule has 2 N–H and O–H groups in total. The van der Waals surface area contributed by atoms with Gasteiger partial charge in [-0.3, -0.25) is 0 Å². The highest BCUT2D eigenvalue weighted by atomic mass is 16.5. The van der Waals surface area contributed by atoms with Crippen molar-refractivity contribution in [1.82, 2.24) is 0 Å². The molecule has 0 amide bonds. The molecule has 110 valence electrons. The van der Waals surface area contributed by atoms with Crippen molar-refractivity contribution in [3.05, 3.63) is 11.6 Å². The van der Waals surface area contributed by atoms with E-state index in [-0.39, 0.29) is 11.6 Å². The molecule has 0 saturated heterocycles. The third kappa shape index (κ3) is 3.61. The van der Waals surface area contributed by atoms with Crippen LogP contribution in [0.3, 0.4) is 0 Å². The highest BCUT2D eigenvalue weighted by Crippen LogP contribution is 2.39. The summed E-state index contributed by atoms with van der Waals surface area (Å²) >= 11 is 0. The molecule has 0 aromatic heterocycles. The lowest BCUT2D eigenvalue weighted by Gasteiger charge is -2.44. The number of hydrogen-bond acceptors (Lipinski definition) is 2. The van der Waals surface area contributed by atoms with E-state index in [2.05, 4.69) is 19.9 Å². The normalized spacial score (nSPS) is 34.5. The van der Waals surface area contributed by atoms with E-state index in [1.165, 1.54) is 50.5 Å². The molecule has 19 heavy (non-hydrogen) atoms. The molecule has 0 heterocycles. The maximum Gasteiger partial charge on any atom is 0.0870 e. The van der Waals surface area contributed by atoms with Crippen LogP contribution in [0.2, 0.25) is 0 Å². The zero-order chi connectivity index (χ0) is 13.7. The van der Waals surface area contributed by atoms with Crippen LogP contribution in [0.25, 0.3) is 0 Å². The second kappa shape index (κ2) is 6.90. The number of ether oxygens (including phenoxy) is 1. The van der Waals surface area contributed by atoms with Crippen LogP contribution < -0.4 is 5.73 Å². The predicted octanol–water partition coefficient (Wildman–Crippen LogP) is 4.19. The van der Waals surface area contributed by atoms with Crippen LogP contribution in [-0.4, -0.2) is 18.2 Å². The van der Waals surface area contributed by atoms with E-state index in [0.717, 1.165) is 25.4 Å². The molecule has 2 rings (SSSR count). The summed E-state index contributed by atoms with van der Waals surface area (Å²) in [6.45, 7) is 5.25. The van der Waals surface area contributed by atoms with Gasteiger partial charge in [0.15, 0.2) is 0 Å². The molecule has 0 aromatic carbocycles. The fourth-order valence-electron chi connectivity index (χ4n) is 3.74. The Morgan fingerprint density at radius 1 is 1.32 bits per heavy atom. The van der Waals surface area contributed by atoms with Gasteiger partial charge >= 0.3 is 0 Å². The van der Waals surface area contributed by atoms with E-state index in [1.54, 1.807) is 0 Å². The zero-order valence-corrected chi connectivity index (χ0v) is 12.8. The molecule has 0 aromatic rings. The van der Waals surface area contributed by atoms with Gasteiger partial charge in [0.25, 0.3) is 0 Å². The maximum absolute atomic E-state index is 6.67. The number of allylic oxidation sites excluding steroid dienone is 1. The monoisotopic (exact) mass is 265 g/mol. The van der Waals surface area contributed by atoms with E-state index < -0.39 is 0 Å². The lowest BCUT2D eigenvalue weighted by molar-refractivity contribution is -0.0819. The average Bonchev–Trinajstić information content (AvgIpc) is 2.70. The second-order valence-electron chi connectivity index (χ2n) is 6.54. The third-order valence-corrected chi connectivity index (χ3v) is 5.09. The summed E-state index contributed by atoms with van der Waals surface area (Å²) < 4.78 is 6.21. The van der Waals surface area contributed by atoms with Crippen molar-refractivity contribution in [2.45, 2.75) is 83.3 Å². The molecular weight excluding hydrogens is 234 g/mol. The minimum atomic E-state index is -0.0720. The Hall–Kier alpha value is -0.340. The first kappa shape index (κ1) is 15.1. The molecule has 1 fully saturated rings. The molecule has 2 heteroatoms. The van der Waals surface area contributed by atoms with Gasteiger partial charge in [0.2, 0.25) is 0 Å². The van der Waals surface area contributed by atoms with Gasteiger partial charge in [-0.15, -0.1) is 0 Å². The number of rotatable bonds is 4. The zero-order valence-electron chi connectivity index (χ0n) is 12.8. The van der Waals surface area contributed by atoms with Gasteiger partial charge in [0.05, 0.1) is 11.6 Å². The Labute approximate surface area is 118 Å². The van der Waals surface area contributed by atoms with Gasteiger partial charge in [-0.25, -0.2) is 0 Å². The smallest absolute Gasteiger partial charge is 0.0870 e. The van der Waals surface area contributed by atoms with Crippen molar-refractivity contribution < 1.29 is 4.74 Å². The Morgan fingerprint density at radius 3 is 2.74 bits per heavy atom. The predicted molar refractivity (Wildman–Crippen MR) is 81.1 cm³/mol. The van der Waals surface area contributed by atoms with E-state index >= 15 is 0 Å². The lowest BCUT2D eigenvalue weighted by atomic mass is 9.73. The fraction of sp³-hybridized carbons (Fsp3) is 0.882. The summed E-state index contributed by atoms with van der Waals surface area (Å²) in [6.07, 6.45) is 13.6. The van der Waals surface area contributed by atoms with Crippen LogP contribution in [-0.2, 0) is 4.74 Å². The first-order valence-electron chi connectivity index (χ1n) is 8.26. The van der Waals surface area contributed by atoms with E-state index in [9.17, 15) is 0 Å². The number of nitrogens with two attached hydrogens (primary N) is 1. The molecule has 0 bridgehead atoms. The summed E-state index contributed by atoms with van der Waals surface area (Å²) in [7, 11) is 0. The van der Waals surface area contributed by atoms with E-state index in [0.29, 0.717) is 0 Å². The second-order valence-corrected chi connectivity index (χ2v) is 6.54. The minimum Gasteiger partial charge on any atom is -0.373 e. The highest BCUT2D eigenvalue weighted by Gasteiger charge is 2.41. The van der Waals surface area contributed by atoms with Crippen LogP contribution in [0.15, 0.2) is 11.6 Å². The van der Waals surface area contributed by atoms with Crippen LogP contribution >= 0.6 is 0 Å². The van der Waals surface area contributed by atoms with Gasteiger partial charge in [0.1, 0.15) is 0 Å². The van der Waals surface area contributed by atoms with Gasteiger partial charge in [-0.1, -0.05) is 25.0 Å². The minimum absolute atomic E-state index is 0.0720. The summed E-state index contributed by atoms with van der Waals surface area (Å²) in [5, 5.41) is 0. The average molecular weight is 265 g/mol. The molecule has 0 spiro atoms. The van der Waals surface area contributed by atoms with Crippen molar-refractivity contribution in [2.24, 2.45) is 11.7 Å². The first-order chi connectivity index (χ1) is 9.18. The van der Waals surface area contributed by atoms with Crippen LogP contribution in [0.1, 0.15) is 71.6 Å². The Morgan fingerprint density at radius 2 is 2.05 bits per heavy atom. The molecule has 2 nitrogen and oxygen atoms in total. The quantitative estimate of drug-likeness (QED) is 0.774. The Balaban J connectivity index is 2.11. The summed E-state index contributed by atoms with van der Waals surface area (Å²) in [6, 6.07) is 0.123. The van der Waals surface area contributed by atoms with Gasteiger partial charge < -0.3 is 10.5 Å². The molecule has 1 atom stereocenters. The van der Waals surface area contributed by atoms with E-state index in [1.807, 2.05) is 0 Å². The van der Waals surface area contributed by atoms with Crippen molar-refractivity contribution in [1.29, 1.82) is 0 Å². The fourth-order valence-corrected chi connectivity index (χ4v) is 3.74. The third-order valence-electron chi connectivity index (χ3n) is 5.09. The Kier molecular flexibility index (Phi) is 5.47. The van der Waals surface area contributed by atoms with Crippen LogP contribution in [0.4, 0.5) is 0 Å². The van der Waals surface area contributed by atoms with Crippen molar-refractivity contribution in [3.8, 4) is 0 Å². The van der Waals surface area contributed by atoms with Gasteiger partial charge in [0, 0.05) is 6.61 Å². The standard InChI is InChI=1S/C17H31NO/c1-3-19-17(12-10-14(2)11-13-17)16(18)15-8-6-4-5-7-9-15/h8,14,16H,3-7,9-13,18H2,1-2H3. The van der Waals surface area contributed by atoms with Crippen LogP contribution in [0.5, 0.6) is 0 Å². The molecule has 2 aliphatic carbocycles. The summed E-state index contributed by atoms with van der Waals surface area (Å²) in [5.74, 6) is 0.837. The van der Waals surface area contributed by atoms with Crippen molar-refractivity contribution >= 4 is 0 Å². The highest BCUT2D eigenvalue weighted by molar-refractivity contribution is 5.18. The molecule has 1 saturated carbocycles. The molecule has 1 unspecified atom stereocenters. The van der Waals surface area contributed by atoms with Gasteiger partial charge in [-0.05, 0) is 64.2 Å². The number of hydrogen-bond donors (Lipinski definition) is 1. The maximum atomic E-state index is 6.67. The molecule has 0 aliphatic heterocycles. The SMILES string of the molecule is CCOC1(C(N)C2=CCCCCC2)CCC(C)CC1. The molecule has 2 aliphatic rings. The van der Waals surface area contributed by atoms with Crippen molar-refractivity contribution in [2.75, 3.05) is 6.61 Å². The largest absolute Gasteiger partial charge is 0.373 e. The summed E-state index contributed by atoms with van der Waals surface area (Å²) in [5.41, 5.74) is 8.07. The van der Waals surface area contributed by atoms with Crippen LogP contribution in [0, 0.1) is 5.92 Å². The molecular formula is C17H31NO. The Bertz CT molecular complexity index is 302. The molecule has 0 radical (unpaired) electrons. The first-order valence-corrected chi connectivity index (χ1v) is 8.26.